The first-order valence-electron chi connectivity index (χ1n) is 10.3. The summed E-state index contributed by atoms with van der Waals surface area (Å²) in [5.74, 6) is 2.72. The molecule has 0 amide bonds. The van der Waals surface area contributed by atoms with Crippen LogP contribution < -0.4 is 19.3 Å². The first-order chi connectivity index (χ1) is 14.8. The molecule has 0 bridgehead atoms. The zero-order valence-electron chi connectivity index (χ0n) is 17.3. The molecule has 0 radical (unpaired) electrons. The fourth-order valence-corrected chi connectivity index (χ4v) is 4.20. The van der Waals surface area contributed by atoms with Crippen molar-refractivity contribution in [1.29, 1.82) is 0 Å². The van der Waals surface area contributed by atoms with E-state index in [1.54, 1.807) is 13.4 Å². The summed E-state index contributed by atoms with van der Waals surface area (Å²) in [5, 5.41) is 1.06. The van der Waals surface area contributed by atoms with Crippen LogP contribution in [0.1, 0.15) is 6.92 Å². The van der Waals surface area contributed by atoms with E-state index in [0.29, 0.717) is 6.61 Å². The van der Waals surface area contributed by atoms with Crippen LogP contribution in [0.3, 0.4) is 0 Å². The van der Waals surface area contributed by atoms with Gasteiger partial charge >= 0.3 is 0 Å². The van der Waals surface area contributed by atoms with E-state index in [1.807, 2.05) is 37.3 Å². The summed E-state index contributed by atoms with van der Waals surface area (Å²) >= 11 is 0. The number of hydrogen-bond acceptors (Lipinski definition) is 6. The number of nitrogens with one attached hydrogen (secondary N) is 1. The number of methoxy groups -OCH3 is 1. The largest absolute Gasteiger partial charge is 0.495 e. The molecule has 7 nitrogen and oxygen atoms in total. The Labute approximate surface area is 175 Å². The standard InChI is InChI=1S/C23H25N5O2/c1-3-30-16-8-9-18-17(14-16)21-22(26-18)23(25-15-24-21)28-12-10-27(11-13-28)19-6-4-5-7-20(19)29-2/h4-9,14-15,26H,3,10-13H2,1-2H3. The summed E-state index contributed by atoms with van der Waals surface area (Å²) in [6, 6.07) is 14.3. The second kappa shape index (κ2) is 7.74. The van der Waals surface area contributed by atoms with Crippen LogP contribution in [0.5, 0.6) is 11.5 Å². The predicted molar refractivity (Wildman–Crippen MR) is 120 cm³/mol. The fraction of sp³-hybridized carbons (Fsp3) is 0.304. The fourth-order valence-electron chi connectivity index (χ4n) is 4.20. The Morgan fingerprint density at radius 2 is 1.80 bits per heavy atom. The lowest BCUT2D eigenvalue weighted by atomic mass is 10.2. The first-order valence-corrected chi connectivity index (χ1v) is 10.3. The molecule has 1 N–H and O–H groups in total. The van der Waals surface area contributed by atoms with Crippen molar-refractivity contribution < 1.29 is 9.47 Å². The Morgan fingerprint density at radius 3 is 2.60 bits per heavy atom. The minimum atomic E-state index is 0.643. The molecule has 4 aromatic rings. The van der Waals surface area contributed by atoms with Crippen LogP contribution in [0, 0.1) is 0 Å². The monoisotopic (exact) mass is 403 g/mol. The highest BCUT2D eigenvalue weighted by molar-refractivity contribution is 6.08. The average molecular weight is 403 g/mol. The van der Waals surface area contributed by atoms with Crippen LogP contribution >= 0.6 is 0 Å². The molecule has 0 saturated carbocycles. The van der Waals surface area contributed by atoms with E-state index in [-0.39, 0.29) is 0 Å². The molecule has 1 fully saturated rings. The van der Waals surface area contributed by atoms with Gasteiger partial charge in [0.1, 0.15) is 28.9 Å². The van der Waals surface area contributed by atoms with Crippen LogP contribution in [0.2, 0.25) is 0 Å². The second-order valence-electron chi connectivity index (χ2n) is 7.33. The maximum atomic E-state index is 5.67. The van der Waals surface area contributed by atoms with Crippen LogP contribution in [0.4, 0.5) is 11.5 Å². The highest BCUT2D eigenvalue weighted by Gasteiger charge is 2.23. The lowest BCUT2D eigenvalue weighted by Gasteiger charge is -2.37. The molecule has 1 saturated heterocycles. The van der Waals surface area contributed by atoms with Crippen molar-refractivity contribution in [3.63, 3.8) is 0 Å². The normalized spacial score (nSPS) is 14.5. The van der Waals surface area contributed by atoms with Gasteiger partial charge in [-0.2, -0.15) is 0 Å². The molecule has 0 unspecified atom stereocenters. The number of piperazine rings is 1. The molecule has 0 aliphatic carbocycles. The summed E-state index contributed by atoms with van der Waals surface area (Å²) in [7, 11) is 1.72. The second-order valence-corrected chi connectivity index (χ2v) is 7.33. The van der Waals surface area contributed by atoms with E-state index in [1.165, 1.54) is 0 Å². The molecule has 3 heterocycles. The molecule has 30 heavy (non-hydrogen) atoms. The number of fused-ring (bicyclic) bond motifs is 3. The van der Waals surface area contributed by atoms with Gasteiger partial charge in [0.15, 0.2) is 5.82 Å². The highest BCUT2D eigenvalue weighted by atomic mass is 16.5. The van der Waals surface area contributed by atoms with Crippen molar-refractivity contribution in [2.24, 2.45) is 0 Å². The van der Waals surface area contributed by atoms with Gasteiger partial charge in [0.2, 0.25) is 0 Å². The van der Waals surface area contributed by atoms with Gasteiger partial charge in [-0.25, -0.2) is 9.97 Å². The van der Waals surface area contributed by atoms with Gasteiger partial charge in [-0.1, -0.05) is 12.1 Å². The molecule has 154 valence electrons. The zero-order valence-corrected chi connectivity index (χ0v) is 17.3. The van der Waals surface area contributed by atoms with Crippen molar-refractivity contribution in [1.82, 2.24) is 15.0 Å². The van der Waals surface area contributed by atoms with E-state index in [2.05, 4.69) is 36.9 Å². The van der Waals surface area contributed by atoms with Gasteiger partial charge in [0.25, 0.3) is 0 Å². The number of benzene rings is 2. The van der Waals surface area contributed by atoms with E-state index in [4.69, 9.17) is 9.47 Å². The summed E-state index contributed by atoms with van der Waals surface area (Å²) < 4.78 is 11.2. The Balaban J connectivity index is 1.44. The number of anilines is 2. The first kappa shape index (κ1) is 18.5. The number of H-pyrrole nitrogens is 1. The summed E-state index contributed by atoms with van der Waals surface area (Å²) in [6.45, 7) is 6.20. The number of aromatic nitrogens is 3. The Morgan fingerprint density at radius 1 is 1.00 bits per heavy atom. The van der Waals surface area contributed by atoms with Gasteiger partial charge < -0.3 is 24.3 Å². The minimum Gasteiger partial charge on any atom is -0.495 e. The topological polar surface area (TPSA) is 66.5 Å². The molecule has 0 atom stereocenters. The Bertz CT molecular complexity index is 1180. The highest BCUT2D eigenvalue weighted by Crippen LogP contribution is 2.33. The van der Waals surface area contributed by atoms with E-state index in [9.17, 15) is 0 Å². The third-order valence-electron chi connectivity index (χ3n) is 5.65. The number of nitrogens with zero attached hydrogens (tertiary/aromatic N) is 4. The van der Waals surface area contributed by atoms with Crippen molar-refractivity contribution >= 4 is 33.4 Å². The molecule has 1 aliphatic heterocycles. The Hall–Kier alpha value is -3.48. The van der Waals surface area contributed by atoms with Crippen LogP contribution in [-0.2, 0) is 0 Å². The molecular weight excluding hydrogens is 378 g/mol. The predicted octanol–water partition coefficient (Wildman–Crippen LogP) is 3.85. The van der Waals surface area contributed by atoms with E-state index < -0.39 is 0 Å². The maximum Gasteiger partial charge on any atom is 0.156 e. The average Bonchev–Trinajstić information content (AvgIpc) is 3.17. The van der Waals surface area contributed by atoms with Crippen molar-refractivity contribution in [3.05, 3.63) is 48.8 Å². The van der Waals surface area contributed by atoms with E-state index in [0.717, 1.165) is 71.1 Å². The smallest absolute Gasteiger partial charge is 0.156 e. The molecule has 2 aromatic heterocycles. The van der Waals surface area contributed by atoms with Crippen molar-refractivity contribution in [3.8, 4) is 11.5 Å². The third-order valence-corrected chi connectivity index (χ3v) is 5.65. The van der Waals surface area contributed by atoms with Crippen LogP contribution in [0.25, 0.3) is 21.9 Å². The molecular formula is C23H25N5O2. The lowest BCUT2D eigenvalue weighted by molar-refractivity contribution is 0.341. The van der Waals surface area contributed by atoms with Crippen molar-refractivity contribution in [2.45, 2.75) is 6.92 Å². The third kappa shape index (κ3) is 3.16. The summed E-state index contributed by atoms with van der Waals surface area (Å²) in [6.07, 6.45) is 1.66. The molecule has 1 aliphatic rings. The van der Waals surface area contributed by atoms with Crippen LogP contribution in [0.15, 0.2) is 48.8 Å². The van der Waals surface area contributed by atoms with E-state index >= 15 is 0 Å². The van der Waals surface area contributed by atoms with Gasteiger partial charge in [-0.3, -0.25) is 0 Å². The summed E-state index contributed by atoms with van der Waals surface area (Å²) in [4.78, 5) is 17.4. The van der Waals surface area contributed by atoms with Crippen LogP contribution in [-0.4, -0.2) is 54.8 Å². The quantitative estimate of drug-likeness (QED) is 0.546. The van der Waals surface area contributed by atoms with Gasteiger partial charge in [-0.15, -0.1) is 0 Å². The van der Waals surface area contributed by atoms with Gasteiger partial charge in [0.05, 0.1) is 19.4 Å². The van der Waals surface area contributed by atoms with Gasteiger partial charge in [0, 0.05) is 37.1 Å². The van der Waals surface area contributed by atoms with Crippen molar-refractivity contribution in [2.75, 3.05) is 49.7 Å². The molecule has 5 rings (SSSR count). The number of hydrogen-bond donors (Lipinski definition) is 1. The Kier molecular flexibility index (Phi) is 4.78. The maximum absolute atomic E-state index is 5.67. The SMILES string of the molecule is CCOc1ccc2[nH]c3c(N4CCN(c5ccccc5OC)CC4)ncnc3c2c1. The number of aromatic amines is 1. The minimum absolute atomic E-state index is 0.643. The number of para-hydroxylation sites is 2. The number of rotatable bonds is 5. The lowest BCUT2D eigenvalue weighted by Crippen LogP contribution is -2.47. The zero-order chi connectivity index (χ0) is 20.5. The molecule has 2 aromatic carbocycles. The molecule has 0 spiro atoms. The molecule has 7 heteroatoms. The summed E-state index contributed by atoms with van der Waals surface area (Å²) in [5.41, 5.74) is 4.10. The van der Waals surface area contributed by atoms with Gasteiger partial charge in [-0.05, 0) is 37.3 Å². The number of ether oxygens (including phenoxy) is 2.